The predicted molar refractivity (Wildman–Crippen MR) is 124 cm³/mol. The molecule has 3 aromatic rings. The lowest BCUT2D eigenvalue weighted by molar-refractivity contribution is -0.113. The van der Waals surface area contributed by atoms with Crippen LogP contribution >= 0.6 is 23.4 Å². The van der Waals surface area contributed by atoms with Crippen molar-refractivity contribution < 1.29 is 9.53 Å². The van der Waals surface area contributed by atoms with Crippen molar-refractivity contribution in [2.24, 2.45) is 0 Å². The van der Waals surface area contributed by atoms with Gasteiger partial charge in [-0.25, -0.2) is 0 Å². The molecule has 0 aliphatic heterocycles. The first-order valence-electron chi connectivity index (χ1n) is 9.95. The fourth-order valence-corrected chi connectivity index (χ4v) is 4.55. The van der Waals surface area contributed by atoms with E-state index in [1.165, 1.54) is 17.3 Å². The standard InChI is InChI=1S/C23H23ClN4O2S/c1-3-11-28-22(18-13-17(18)15-7-5-4-6-8-15)26-27-23(28)31-14-21(29)25-19-12-16(24)9-10-20(19)30-2/h3-10,12,17-18H,1,11,13-14H2,2H3,(H,25,29). The number of amides is 1. The van der Waals surface area contributed by atoms with Crippen LogP contribution in [0, 0.1) is 0 Å². The molecule has 8 heteroatoms. The third kappa shape index (κ3) is 4.94. The van der Waals surface area contributed by atoms with E-state index in [0.717, 1.165) is 12.2 Å². The molecule has 1 N–H and O–H groups in total. The van der Waals surface area contributed by atoms with Crippen molar-refractivity contribution in [3.8, 4) is 5.75 Å². The first-order chi connectivity index (χ1) is 15.1. The van der Waals surface area contributed by atoms with Crippen LogP contribution < -0.4 is 10.1 Å². The highest BCUT2D eigenvalue weighted by Crippen LogP contribution is 2.54. The smallest absolute Gasteiger partial charge is 0.234 e. The fraction of sp³-hybridized carbons (Fsp3) is 0.261. The Hall–Kier alpha value is -2.77. The van der Waals surface area contributed by atoms with Crippen LogP contribution in [-0.4, -0.2) is 33.5 Å². The van der Waals surface area contributed by atoms with Gasteiger partial charge in [-0.1, -0.05) is 59.8 Å². The van der Waals surface area contributed by atoms with Crippen LogP contribution in [0.15, 0.2) is 66.3 Å². The lowest BCUT2D eigenvalue weighted by Gasteiger charge is -2.11. The average Bonchev–Trinajstić information content (AvgIpc) is 3.47. The van der Waals surface area contributed by atoms with E-state index in [4.69, 9.17) is 16.3 Å². The Morgan fingerprint density at radius 2 is 2.10 bits per heavy atom. The molecule has 1 saturated carbocycles. The molecular weight excluding hydrogens is 432 g/mol. The van der Waals surface area contributed by atoms with E-state index in [-0.39, 0.29) is 11.7 Å². The quantitative estimate of drug-likeness (QED) is 0.358. The largest absolute Gasteiger partial charge is 0.495 e. The zero-order valence-electron chi connectivity index (χ0n) is 17.1. The number of benzene rings is 2. The van der Waals surface area contributed by atoms with Gasteiger partial charge in [0.1, 0.15) is 11.6 Å². The predicted octanol–water partition coefficient (Wildman–Crippen LogP) is 5.13. The highest BCUT2D eigenvalue weighted by Gasteiger charge is 2.43. The summed E-state index contributed by atoms with van der Waals surface area (Å²) in [6.07, 6.45) is 2.88. The van der Waals surface area contributed by atoms with E-state index in [2.05, 4.69) is 50.9 Å². The third-order valence-corrected chi connectivity index (χ3v) is 6.38. The van der Waals surface area contributed by atoms with Gasteiger partial charge in [0.15, 0.2) is 5.16 Å². The van der Waals surface area contributed by atoms with Crippen LogP contribution in [0.1, 0.15) is 29.6 Å². The second-order valence-corrected chi connectivity index (χ2v) is 8.66. The van der Waals surface area contributed by atoms with Gasteiger partial charge < -0.3 is 14.6 Å². The second-order valence-electron chi connectivity index (χ2n) is 7.28. The highest BCUT2D eigenvalue weighted by atomic mass is 35.5. The maximum atomic E-state index is 12.5. The van der Waals surface area contributed by atoms with E-state index in [0.29, 0.717) is 40.0 Å². The van der Waals surface area contributed by atoms with Gasteiger partial charge >= 0.3 is 0 Å². The summed E-state index contributed by atoms with van der Waals surface area (Å²) in [4.78, 5) is 12.5. The molecule has 0 bridgehead atoms. The van der Waals surface area contributed by atoms with Crippen molar-refractivity contribution in [3.05, 3.63) is 77.6 Å². The summed E-state index contributed by atoms with van der Waals surface area (Å²) in [7, 11) is 1.55. The van der Waals surface area contributed by atoms with Crippen molar-refractivity contribution >= 4 is 35.0 Å². The Bertz CT molecular complexity index is 1090. The number of hydrogen-bond acceptors (Lipinski definition) is 5. The molecule has 1 fully saturated rings. The number of nitrogens with one attached hydrogen (secondary N) is 1. The summed E-state index contributed by atoms with van der Waals surface area (Å²) in [5.41, 5.74) is 1.86. The number of thioether (sulfide) groups is 1. The SMILES string of the molecule is C=CCn1c(SCC(=O)Nc2cc(Cl)ccc2OC)nnc1C1CC1c1ccccc1. The van der Waals surface area contributed by atoms with Crippen LogP contribution in [0.5, 0.6) is 5.75 Å². The topological polar surface area (TPSA) is 69.0 Å². The Labute approximate surface area is 190 Å². The molecule has 6 nitrogen and oxygen atoms in total. The van der Waals surface area contributed by atoms with Crippen LogP contribution in [-0.2, 0) is 11.3 Å². The van der Waals surface area contributed by atoms with E-state index in [9.17, 15) is 4.79 Å². The molecule has 0 saturated heterocycles. The maximum absolute atomic E-state index is 12.5. The zero-order chi connectivity index (χ0) is 21.8. The number of allylic oxidation sites excluding steroid dienone is 1. The fourth-order valence-electron chi connectivity index (χ4n) is 3.63. The van der Waals surface area contributed by atoms with Gasteiger partial charge in [0.25, 0.3) is 0 Å². The zero-order valence-corrected chi connectivity index (χ0v) is 18.7. The van der Waals surface area contributed by atoms with Gasteiger partial charge in [0.2, 0.25) is 5.91 Å². The van der Waals surface area contributed by atoms with Gasteiger partial charge in [-0.15, -0.1) is 16.8 Å². The number of ether oxygens (including phenoxy) is 1. The van der Waals surface area contributed by atoms with Crippen molar-refractivity contribution in [2.75, 3.05) is 18.2 Å². The third-order valence-electron chi connectivity index (χ3n) is 5.17. The number of aromatic nitrogens is 3. The molecule has 1 aliphatic rings. The van der Waals surface area contributed by atoms with Crippen molar-refractivity contribution in [1.82, 2.24) is 14.8 Å². The molecule has 4 rings (SSSR count). The number of carbonyl (C=O) groups excluding carboxylic acids is 1. The summed E-state index contributed by atoms with van der Waals surface area (Å²) in [6, 6.07) is 15.6. The number of carbonyl (C=O) groups is 1. The van der Waals surface area contributed by atoms with Crippen molar-refractivity contribution in [3.63, 3.8) is 0 Å². The molecule has 160 valence electrons. The average molecular weight is 455 g/mol. The van der Waals surface area contributed by atoms with Gasteiger partial charge in [-0.2, -0.15) is 0 Å². The molecule has 1 heterocycles. The lowest BCUT2D eigenvalue weighted by atomic mass is 10.1. The molecule has 2 atom stereocenters. The maximum Gasteiger partial charge on any atom is 0.234 e. The summed E-state index contributed by atoms with van der Waals surface area (Å²) in [5, 5.41) is 12.9. The Morgan fingerprint density at radius 1 is 1.29 bits per heavy atom. The molecule has 1 aliphatic carbocycles. The van der Waals surface area contributed by atoms with Crippen LogP contribution in [0.2, 0.25) is 5.02 Å². The van der Waals surface area contributed by atoms with E-state index >= 15 is 0 Å². The van der Waals surface area contributed by atoms with Crippen LogP contribution in [0.4, 0.5) is 5.69 Å². The molecule has 0 radical (unpaired) electrons. The van der Waals surface area contributed by atoms with Crippen LogP contribution in [0.3, 0.4) is 0 Å². The molecular formula is C23H23ClN4O2S. The van der Waals surface area contributed by atoms with Crippen molar-refractivity contribution in [2.45, 2.75) is 30.0 Å². The van der Waals surface area contributed by atoms with Gasteiger partial charge in [0, 0.05) is 17.5 Å². The summed E-state index contributed by atoms with van der Waals surface area (Å²) in [5.74, 6) is 2.33. The second kappa shape index (κ2) is 9.58. The van der Waals surface area contributed by atoms with E-state index in [1.807, 2.05) is 12.1 Å². The number of nitrogens with zero attached hydrogens (tertiary/aromatic N) is 3. The van der Waals surface area contributed by atoms with Crippen LogP contribution in [0.25, 0.3) is 0 Å². The monoisotopic (exact) mass is 454 g/mol. The minimum absolute atomic E-state index is 0.172. The minimum Gasteiger partial charge on any atom is -0.495 e. The molecule has 2 unspecified atom stereocenters. The van der Waals surface area contributed by atoms with Gasteiger partial charge in [-0.05, 0) is 36.1 Å². The number of rotatable bonds is 9. The normalized spacial score (nSPS) is 17.2. The summed E-state index contributed by atoms with van der Waals surface area (Å²) >= 11 is 7.39. The van der Waals surface area contributed by atoms with Gasteiger partial charge in [-0.3, -0.25) is 4.79 Å². The molecule has 2 aromatic carbocycles. The Balaban J connectivity index is 1.43. The number of methoxy groups -OCH3 is 1. The molecule has 1 amide bonds. The van der Waals surface area contributed by atoms with E-state index in [1.54, 1.807) is 25.3 Å². The summed E-state index contributed by atoms with van der Waals surface area (Å²) < 4.78 is 7.33. The summed E-state index contributed by atoms with van der Waals surface area (Å²) in [6.45, 7) is 4.47. The number of hydrogen-bond donors (Lipinski definition) is 1. The number of anilines is 1. The first-order valence-corrected chi connectivity index (χ1v) is 11.3. The Morgan fingerprint density at radius 3 is 2.84 bits per heavy atom. The number of halogens is 1. The molecule has 31 heavy (non-hydrogen) atoms. The van der Waals surface area contributed by atoms with E-state index < -0.39 is 0 Å². The first kappa shape index (κ1) is 21.5. The molecule has 1 aromatic heterocycles. The lowest BCUT2D eigenvalue weighted by Crippen LogP contribution is -2.15. The highest BCUT2D eigenvalue weighted by molar-refractivity contribution is 7.99. The van der Waals surface area contributed by atoms with Gasteiger partial charge in [0.05, 0.1) is 18.6 Å². The minimum atomic E-state index is -0.172. The molecule has 0 spiro atoms. The van der Waals surface area contributed by atoms with Crippen molar-refractivity contribution in [1.29, 1.82) is 0 Å². The Kier molecular flexibility index (Phi) is 6.63.